The Morgan fingerprint density at radius 1 is 1.12 bits per heavy atom. The van der Waals surface area contributed by atoms with Crippen molar-refractivity contribution in [1.29, 1.82) is 0 Å². The Hall–Kier alpha value is -3.32. The van der Waals surface area contributed by atoms with E-state index < -0.39 is 29.8 Å². The van der Waals surface area contributed by atoms with E-state index in [9.17, 15) is 40.3 Å². The quantitative estimate of drug-likeness (QED) is 0.478. The van der Waals surface area contributed by atoms with Crippen LogP contribution in [0.15, 0.2) is 32.3 Å². The van der Waals surface area contributed by atoms with Gasteiger partial charge >= 0.3 is 23.9 Å². The largest absolute Gasteiger partial charge is 0.467 e. The van der Waals surface area contributed by atoms with Crippen molar-refractivity contribution in [3.8, 4) is 0 Å². The Kier molecular flexibility index (Phi) is 6.31. The van der Waals surface area contributed by atoms with Crippen LogP contribution in [-0.4, -0.2) is 35.5 Å². The predicted molar refractivity (Wildman–Crippen MR) is 96.9 cm³/mol. The Labute approximate surface area is 181 Å². The SMILES string of the molecule is Cc1c(C(=O)NCc2ccco2)oc2c1/C(=N/NC(=O)C(F)(F)C(F)(F)C(F)(F)F)CCC2. The first-order valence-corrected chi connectivity index (χ1v) is 9.40. The number of furan rings is 2. The number of carbonyl (C=O) groups is 2. The average Bonchev–Trinajstić information content (AvgIpc) is 3.37. The molecule has 14 heteroatoms. The highest BCUT2D eigenvalue weighted by molar-refractivity contribution is 6.06. The van der Waals surface area contributed by atoms with Crippen molar-refractivity contribution in [3.63, 3.8) is 0 Å². The van der Waals surface area contributed by atoms with E-state index in [2.05, 4.69) is 10.4 Å². The number of nitrogens with zero attached hydrogens (tertiary/aromatic N) is 1. The number of hydrogen-bond donors (Lipinski definition) is 2. The first-order chi connectivity index (χ1) is 15.3. The number of hydrazone groups is 1. The summed E-state index contributed by atoms with van der Waals surface area (Å²) in [6.45, 7) is 1.48. The van der Waals surface area contributed by atoms with Crippen molar-refractivity contribution >= 4 is 17.5 Å². The lowest BCUT2D eigenvalue weighted by Crippen LogP contribution is -2.58. The molecule has 0 fully saturated rings. The first kappa shape index (κ1) is 24.3. The maximum absolute atomic E-state index is 13.5. The lowest BCUT2D eigenvalue weighted by atomic mass is 9.93. The highest BCUT2D eigenvalue weighted by Crippen LogP contribution is 2.46. The second kappa shape index (κ2) is 8.56. The third-order valence-electron chi connectivity index (χ3n) is 4.86. The molecule has 0 saturated heterocycles. The number of halogens is 7. The summed E-state index contributed by atoms with van der Waals surface area (Å²) >= 11 is 0. The van der Waals surface area contributed by atoms with Gasteiger partial charge in [0.15, 0.2) is 5.76 Å². The van der Waals surface area contributed by atoms with E-state index in [0.717, 1.165) is 5.43 Å². The summed E-state index contributed by atoms with van der Waals surface area (Å²) < 4.78 is 100. The summed E-state index contributed by atoms with van der Waals surface area (Å²) in [5, 5.41) is 5.88. The molecule has 1 aliphatic carbocycles. The predicted octanol–water partition coefficient (Wildman–Crippen LogP) is 4.10. The third kappa shape index (κ3) is 4.46. The monoisotopic (exact) mass is 483 g/mol. The number of hydrogen-bond acceptors (Lipinski definition) is 5. The molecule has 0 aromatic carbocycles. The first-order valence-electron chi connectivity index (χ1n) is 9.40. The maximum Gasteiger partial charge on any atom is 0.460 e. The molecule has 1 aliphatic rings. The van der Waals surface area contributed by atoms with Crippen LogP contribution in [0.5, 0.6) is 0 Å². The molecule has 0 saturated carbocycles. The molecule has 0 atom stereocenters. The van der Waals surface area contributed by atoms with Crippen LogP contribution in [0.2, 0.25) is 0 Å². The molecule has 2 aromatic rings. The zero-order valence-electron chi connectivity index (χ0n) is 16.8. The van der Waals surface area contributed by atoms with Crippen LogP contribution in [-0.2, 0) is 17.8 Å². The summed E-state index contributed by atoms with van der Waals surface area (Å²) in [4.78, 5) is 23.9. The average molecular weight is 483 g/mol. The molecule has 0 radical (unpaired) electrons. The molecule has 0 spiro atoms. The van der Waals surface area contributed by atoms with Gasteiger partial charge in [-0.2, -0.15) is 35.8 Å². The fourth-order valence-corrected chi connectivity index (χ4v) is 3.17. The molecule has 0 bridgehead atoms. The number of carbonyl (C=O) groups excluding carboxylic acids is 2. The number of alkyl halides is 7. The standard InChI is InChI=1S/C19H16F7N3O4/c1-9-13-11(28-29-16(31)17(20,21)18(22,23)19(24,25)26)5-2-6-12(13)33-14(9)15(30)27-8-10-4-3-7-32-10/h3-4,7H,2,5-6,8H2,1H3,(H,27,30)(H,29,31)/b28-11+. The van der Waals surface area contributed by atoms with Gasteiger partial charge in [-0.1, -0.05) is 0 Å². The molecule has 2 N–H and O–H groups in total. The van der Waals surface area contributed by atoms with E-state index in [-0.39, 0.29) is 41.3 Å². The van der Waals surface area contributed by atoms with E-state index in [1.807, 2.05) is 0 Å². The van der Waals surface area contributed by atoms with Gasteiger partial charge in [0.05, 0.1) is 18.5 Å². The molecule has 180 valence electrons. The summed E-state index contributed by atoms with van der Waals surface area (Å²) in [6.07, 6.45) is -4.54. The molecule has 2 heterocycles. The number of fused-ring (bicyclic) bond motifs is 1. The smallest absolute Gasteiger partial charge is 0.460 e. The molecule has 0 aliphatic heterocycles. The van der Waals surface area contributed by atoms with Crippen LogP contribution in [0.1, 0.15) is 46.0 Å². The molecule has 2 amide bonds. The molecular formula is C19H16F7N3O4. The van der Waals surface area contributed by atoms with Crippen LogP contribution in [0.3, 0.4) is 0 Å². The summed E-state index contributed by atoms with van der Waals surface area (Å²) in [6, 6.07) is 3.23. The van der Waals surface area contributed by atoms with Gasteiger partial charge in [0, 0.05) is 17.5 Å². The van der Waals surface area contributed by atoms with E-state index in [0.29, 0.717) is 18.6 Å². The van der Waals surface area contributed by atoms with Crippen LogP contribution in [0.4, 0.5) is 30.7 Å². The molecule has 33 heavy (non-hydrogen) atoms. The normalized spacial score (nSPS) is 15.9. The van der Waals surface area contributed by atoms with Crippen LogP contribution >= 0.6 is 0 Å². The lowest BCUT2D eigenvalue weighted by Gasteiger charge is -2.26. The van der Waals surface area contributed by atoms with E-state index in [4.69, 9.17) is 8.83 Å². The molecule has 0 unspecified atom stereocenters. The van der Waals surface area contributed by atoms with Gasteiger partial charge in [-0.05, 0) is 31.9 Å². The zero-order chi connectivity index (χ0) is 24.6. The summed E-state index contributed by atoms with van der Waals surface area (Å²) in [5.74, 6) is -15.7. The second-order valence-electron chi connectivity index (χ2n) is 7.12. The van der Waals surface area contributed by atoms with Crippen molar-refractivity contribution in [1.82, 2.24) is 10.7 Å². The van der Waals surface area contributed by atoms with Crippen molar-refractivity contribution in [3.05, 3.63) is 46.8 Å². The van der Waals surface area contributed by atoms with Crippen LogP contribution in [0.25, 0.3) is 0 Å². The Morgan fingerprint density at radius 3 is 2.42 bits per heavy atom. The van der Waals surface area contributed by atoms with E-state index in [1.165, 1.54) is 13.2 Å². The van der Waals surface area contributed by atoms with Gasteiger partial charge in [-0.25, -0.2) is 5.43 Å². The van der Waals surface area contributed by atoms with Crippen molar-refractivity contribution in [2.75, 3.05) is 0 Å². The number of amides is 2. The Balaban J connectivity index is 1.80. The van der Waals surface area contributed by atoms with Crippen molar-refractivity contribution in [2.24, 2.45) is 5.10 Å². The van der Waals surface area contributed by atoms with Gasteiger partial charge < -0.3 is 14.2 Å². The lowest BCUT2D eigenvalue weighted by molar-refractivity contribution is -0.344. The molecule has 7 nitrogen and oxygen atoms in total. The van der Waals surface area contributed by atoms with E-state index in [1.54, 1.807) is 12.1 Å². The number of rotatable bonds is 6. The maximum atomic E-state index is 13.5. The van der Waals surface area contributed by atoms with Gasteiger partial charge in [0.2, 0.25) is 0 Å². The Bertz CT molecular complexity index is 1070. The fraction of sp³-hybridized carbons (Fsp3) is 0.421. The van der Waals surface area contributed by atoms with Gasteiger partial charge in [0.1, 0.15) is 11.5 Å². The summed E-state index contributed by atoms with van der Waals surface area (Å²) in [7, 11) is 0. The van der Waals surface area contributed by atoms with Gasteiger partial charge in [-0.15, -0.1) is 0 Å². The van der Waals surface area contributed by atoms with Gasteiger partial charge in [-0.3, -0.25) is 9.59 Å². The minimum Gasteiger partial charge on any atom is -0.467 e. The molecular weight excluding hydrogens is 467 g/mol. The van der Waals surface area contributed by atoms with Crippen LogP contribution in [0, 0.1) is 6.92 Å². The highest BCUT2D eigenvalue weighted by Gasteiger charge is 2.76. The fourth-order valence-electron chi connectivity index (χ4n) is 3.17. The molecule has 3 rings (SSSR count). The zero-order valence-corrected chi connectivity index (χ0v) is 16.8. The topological polar surface area (TPSA) is 96.8 Å². The minimum atomic E-state index is -6.65. The Morgan fingerprint density at radius 2 is 1.82 bits per heavy atom. The molecule has 2 aromatic heterocycles. The van der Waals surface area contributed by atoms with Crippen molar-refractivity contribution in [2.45, 2.75) is 50.8 Å². The number of nitrogens with one attached hydrogen (secondary N) is 2. The third-order valence-corrected chi connectivity index (χ3v) is 4.86. The highest BCUT2D eigenvalue weighted by atomic mass is 19.4. The number of aryl methyl sites for hydroxylation is 1. The van der Waals surface area contributed by atoms with Gasteiger partial charge in [0.25, 0.3) is 5.91 Å². The van der Waals surface area contributed by atoms with E-state index >= 15 is 0 Å². The summed E-state index contributed by atoms with van der Waals surface area (Å²) in [5.41, 5.74) is 1.38. The minimum absolute atomic E-state index is 0.0378. The van der Waals surface area contributed by atoms with Crippen LogP contribution < -0.4 is 10.7 Å². The second-order valence-corrected chi connectivity index (χ2v) is 7.12. The van der Waals surface area contributed by atoms with Crippen molar-refractivity contribution < 1.29 is 49.2 Å².